The molecule has 0 saturated carbocycles. The lowest BCUT2D eigenvalue weighted by atomic mass is 10.2. The van der Waals surface area contributed by atoms with Gasteiger partial charge in [0.05, 0.1) is 11.9 Å². The SMILES string of the molecule is CCn1c(SCC(=O)NCC2CCCO2)nnc1-c1cc2ccccc2o1. The zero-order valence-corrected chi connectivity index (χ0v) is 16.0. The van der Waals surface area contributed by atoms with E-state index in [-0.39, 0.29) is 12.0 Å². The molecule has 1 aromatic carbocycles. The minimum atomic E-state index is -0.0218. The third kappa shape index (κ3) is 4.01. The molecule has 3 aromatic rings. The van der Waals surface area contributed by atoms with Crippen molar-refractivity contribution in [3.8, 4) is 11.6 Å². The van der Waals surface area contributed by atoms with Crippen molar-refractivity contribution >= 4 is 28.6 Å². The predicted molar refractivity (Wildman–Crippen MR) is 104 cm³/mol. The van der Waals surface area contributed by atoms with Crippen molar-refractivity contribution in [2.24, 2.45) is 0 Å². The molecule has 3 heterocycles. The van der Waals surface area contributed by atoms with Gasteiger partial charge in [0, 0.05) is 25.1 Å². The number of nitrogens with one attached hydrogen (secondary N) is 1. The number of carbonyl (C=O) groups is 1. The van der Waals surface area contributed by atoms with Crippen molar-refractivity contribution in [3.05, 3.63) is 30.3 Å². The molecule has 8 heteroatoms. The van der Waals surface area contributed by atoms with Crippen LogP contribution < -0.4 is 5.32 Å². The highest BCUT2D eigenvalue weighted by molar-refractivity contribution is 7.99. The fraction of sp³-hybridized carbons (Fsp3) is 0.421. The topological polar surface area (TPSA) is 82.2 Å². The summed E-state index contributed by atoms with van der Waals surface area (Å²) in [6, 6.07) is 9.82. The summed E-state index contributed by atoms with van der Waals surface area (Å²) in [5.74, 6) is 1.63. The number of rotatable bonds is 7. The lowest BCUT2D eigenvalue weighted by Crippen LogP contribution is -2.32. The van der Waals surface area contributed by atoms with Crippen molar-refractivity contribution < 1.29 is 13.9 Å². The number of nitrogens with zero attached hydrogens (tertiary/aromatic N) is 3. The number of hydrogen-bond donors (Lipinski definition) is 1. The van der Waals surface area contributed by atoms with Crippen LogP contribution in [0.4, 0.5) is 0 Å². The van der Waals surface area contributed by atoms with E-state index in [0.29, 0.717) is 35.6 Å². The number of benzene rings is 1. The molecule has 0 radical (unpaired) electrons. The number of carbonyl (C=O) groups excluding carboxylic acids is 1. The zero-order chi connectivity index (χ0) is 18.6. The van der Waals surface area contributed by atoms with Crippen LogP contribution in [0.1, 0.15) is 19.8 Å². The van der Waals surface area contributed by atoms with E-state index in [4.69, 9.17) is 9.15 Å². The van der Waals surface area contributed by atoms with Gasteiger partial charge in [0.15, 0.2) is 10.9 Å². The van der Waals surface area contributed by atoms with Crippen LogP contribution in [0.25, 0.3) is 22.6 Å². The maximum absolute atomic E-state index is 12.1. The van der Waals surface area contributed by atoms with Crippen molar-refractivity contribution in [2.75, 3.05) is 18.9 Å². The summed E-state index contributed by atoms with van der Waals surface area (Å²) < 4.78 is 13.4. The first-order chi connectivity index (χ1) is 13.2. The molecule has 0 bridgehead atoms. The molecule has 1 atom stereocenters. The van der Waals surface area contributed by atoms with Crippen LogP contribution in [-0.2, 0) is 16.1 Å². The highest BCUT2D eigenvalue weighted by atomic mass is 32.2. The number of ether oxygens (including phenoxy) is 1. The Morgan fingerprint density at radius 2 is 2.26 bits per heavy atom. The smallest absolute Gasteiger partial charge is 0.230 e. The fourth-order valence-corrected chi connectivity index (χ4v) is 4.00. The largest absolute Gasteiger partial charge is 0.453 e. The Labute approximate surface area is 161 Å². The molecule has 1 unspecified atom stereocenters. The van der Waals surface area contributed by atoms with Gasteiger partial charge in [-0.2, -0.15) is 0 Å². The van der Waals surface area contributed by atoms with Gasteiger partial charge in [-0.05, 0) is 31.9 Å². The molecule has 2 aromatic heterocycles. The highest BCUT2D eigenvalue weighted by Gasteiger charge is 2.19. The van der Waals surface area contributed by atoms with Gasteiger partial charge >= 0.3 is 0 Å². The summed E-state index contributed by atoms with van der Waals surface area (Å²) in [4.78, 5) is 12.1. The monoisotopic (exact) mass is 386 g/mol. The van der Waals surface area contributed by atoms with Crippen LogP contribution in [0.2, 0.25) is 0 Å². The number of furan rings is 1. The van der Waals surface area contributed by atoms with E-state index in [0.717, 1.165) is 30.4 Å². The molecule has 1 fully saturated rings. The molecule has 0 aliphatic carbocycles. The molecular weight excluding hydrogens is 364 g/mol. The normalized spacial score (nSPS) is 16.9. The maximum Gasteiger partial charge on any atom is 0.230 e. The first-order valence-electron chi connectivity index (χ1n) is 9.18. The third-order valence-corrected chi connectivity index (χ3v) is 5.53. The summed E-state index contributed by atoms with van der Waals surface area (Å²) in [6.07, 6.45) is 2.23. The van der Waals surface area contributed by atoms with Crippen molar-refractivity contribution in [1.29, 1.82) is 0 Å². The van der Waals surface area contributed by atoms with Crippen LogP contribution in [0.5, 0.6) is 0 Å². The molecule has 1 aliphatic heterocycles. The maximum atomic E-state index is 12.1. The van der Waals surface area contributed by atoms with E-state index in [9.17, 15) is 4.79 Å². The van der Waals surface area contributed by atoms with E-state index >= 15 is 0 Å². The van der Waals surface area contributed by atoms with Crippen LogP contribution in [0.3, 0.4) is 0 Å². The summed E-state index contributed by atoms with van der Waals surface area (Å²) >= 11 is 1.38. The Morgan fingerprint density at radius 1 is 1.37 bits per heavy atom. The lowest BCUT2D eigenvalue weighted by Gasteiger charge is -2.10. The van der Waals surface area contributed by atoms with Crippen LogP contribution >= 0.6 is 11.8 Å². The zero-order valence-electron chi connectivity index (χ0n) is 15.2. The molecule has 1 aliphatic rings. The minimum absolute atomic E-state index is 0.0218. The molecule has 27 heavy (non-hydrogen) atoms. The lowest BCUT2D eigenvalue weighted by molar-refractivity contribution is -0.119. The quantitative estimate of drug-likeness (QED) is 0.629. The van der Waals surface area contributed by atoms with Crippen LogP contribution in [0.15, 0.2) is 39.9 Å². The van der Waals surface area contributed by atoms with Gasteiger partial charge in [-0.15, -0.1) is 10.2 Å². The van der Waals surface area contributed by atoms with Crippen LogP contribution in [-0.4, -0.2) is 45.7 Å². The van der Waals surface area contributed by atoms with Crippen molar-refractivity contribution in [2.45, 2.75) is 37.6 Å². The summed E-state index contributed by atoms with van der Waals surface area (Å²) in [5, 5.41) is 13.2. The van der Waals surface area contributed by atoms with Crippen molar-refractivity contribution in [3.63, 3.8) is 0 Å². The summed E-state index contributed by atoms with van der Waals surface area (Å²) in [5.41, 5.74) is 0.820. The second kappa shape index (κ2) is 8.14. The molecule has 1 amide bonds. The predicted octanol–water partition coefficient (Wildman–Crippen LogP) is 3.10. The first kappa shape index (κ1) is 18.1. The number of thioether (sulfide) groups is 1. The van der Waals surface area contributed by atoms with Crippen LogP contribution in [0, 0.1) is 0 Å². The second-order valence-corrected chi connectivity index (χ2v) is 7.37. The highest BCUT2D eigenvalue weighted by Crippen LogP contribution is 2.29. The van der Waals surface area contributed by atoms with Gasteiger partial charge in [-0.25, -0.2) is 0 Å². The molecular formula is C19H22N4O3S. The van der Waals surface area contributed by atoms with E-state index in [1.807, 2.05) is 41.8 Å². The van der Waals surface area contributed by atoms with Gasteiger partial charge < -0.3 is 14.5 Å². The molecule has 142 valence electrons. The van der Waals surface area contributed by atoms with E-state index in [1.165, 1.54) is 11.8 Å². The summed E-state index contributed by atoms with van der Waals surface area (Å²) in [7, 11) is 0. The van der Waals surface area contributed by atoms with E-state index in [2.05, 4.69) is 15.5 Å². The van der Waals surface area contributed by atoms with Gasteiger partial charge in [-0.3, -0.25) is 9.36 Å². The number of fused-ring (bicyclic) bond motifs is 1. The van der Waals surface area contributed by atoms with Gasteiger partial charge in [0.2, 0.25) is 11.7 Å². The summed E-state index contributed by atoms with van der Waals surface area (Å²) in [6.45, 7) is 4.08. The Kier molecular flexibility index (Phi) is 5.45. The third-order valence-electron chi connectivity index (χ3n) is 4.56. The fourth-order valence-electron chi connectivity index (χ4n) is 3.17. The first-order valence-corrected chi connectivity index (χ1v) is 10.2. The number of para-hydroxylation sites is 1. The molecule has 1 N–H and O–H groups in total. The molecule has 0 spiro atoms. The second-order valence-electron chi connectivity index (χ2n) is 6.43. The standard InChI is InChI=1S/C19H22N4O3S/c1-2-23-18(16-10-13-6-3-4-8-15(13)26-16)21-22-19(23)27-12-17(24)20-11-14-7-5-9-25-14/h3-4,6,8,10,14H,2,5,7,9,11-12H2,1H3,(H,20,24). The molecule has 1 saturated heterocycles. The van der Waals surface area contributed by atoms with Gasteiger partial charge in [-0.1, -0.05) is 30.0 Å². The Morgan fingerprint density at radius 3 is 3.04 bits per heavy atom. The van der Waals surface area contributed by atoms with E-state index < -0.39 is 0 Å². The van der Waals surface area contributed by atoms with Gasteiger partial charge in [0.25, 0.3) is 0 Å². The van der Waals surface area contributed by atoms with Gasteiger partial charge in [0.1, 0.15) is 5.58 Å². The molecule has 7 nitrogen and oxygen atoms in total. The Balaban J connectivity index is 1.42. The number of hydrogen-bond acceptors (Lipinski definition) is 6. The number of aromatic nitrogens is 3. The minimum Gasteiger partial charge on any atom is -0.453 e. The molecule has 4 rings (SSSR count). The van der Waals surface area contributed by atoms with E-state index in [1.54, 1.807) is 0 Å². The Bertz CT molecular complexity index is 897. The Hall–Kier alpha value is -2.32. The van der Waals surface area contributed by atoms with Crippen molar-refractivity contribution in [1.82, 2.24) is 20.1 Å². The number of amides is 1. The average Bonchev–Trinajstić information content (AvgIpc) is 3.43. The average molecular weight is 386 g/mol.